The Morgan fingerprint density at radius 1 is 1.17 bits per heavy atom. The fraction of sp³-hybridized carbons (Fsp3) is 0.923. The molecule has 0 aliphatic heterocycles. The third-order valence-electron chi connectivity index (χ3n) is 3.76. The molecule has 0 aliphatic rings. The van der Waals surface area contributed by atoms with Crippen LogP contribution in [0.5, 0.6) is 0 Å². The van der Waals surface area contributed by atoms with E-state index in [1.54, 1.807) is 0 Å². The Morgan fingerprint density at radius 2 is 1.78 bits per heavy atom. The molecule has 0 aromatic heterocycles. The summed E-state index contributed by atoms with van der Waals surface area (Å²) >= 11 is 0. The Kier molecular flexibility index (Phi) is 9.43. The van der Waals surface area contributed by atoms with Crippen LogP contribution in [-0.2, 0) is 13.9 Å². The molecule has 0 bridgehead atoms. The number of unbranched alkanes of at least 4 members (excludes halogenated alkanes) is 3. The van der Waals surface area contributed by atoms with E-state index in [4.69, 9.17) is 4.89 Å². The van der Waals surface area contributed by atoms with E-state index in [2.05, 4.69) is 11.4 Å². The van der Waals surface area contributed by atoms with Gasteiger partial charge in [-0.1, -0.05) is 46.5 Å². The molecular formula is C13H26O4P+. The molecule has 0 saturated heterocycles. The lowest BCUT2D eigenvalue weighted by Crippen LogP contribution is -2.32. The van der Waals surface area contributed by atoms with Gasteiger partial charge in [0.1, 0.15) is 0 Å². The van der Waals surface area contributed by atoms with Crippen LogP contribution >= 0.6 is 8.25 Å². The van der Waals surface area contributed by atoms with Crippen LogP contribution in [0.4, 0.5) is 0 Å². The van der Waals surface area contributed by atoms with Gasteiger partial charge in [-0.05, 0) is 19.3 Å². The van der Waals surface area contributed by atoms with E-state index in [1.807, 2.05) is 13.8 Å². The number of Topliss-reactive ketones (excluding diaryl/α,β-unsaturated/α-hetero) is 1. The van der Waals surface area contributed by atoms with Crippen molar-refractivity contribution in [3.63, 3.8) is 0 Å². The summed E-state index contributed by atoms with van der Waals surface area (Å²) in [5.41, 5.74) is -0.376. The molecule has 0 amide bonds. The van der Waals surface area contributed by atoms with E-state index in [0.717, 1.165) is 32.1 Å². The first-order valence-corrected chi connectivity index (χ1v) is 7.97. The van der Waals surface area contributed by atoms with Crippen LogP contribution < -0.4 is 0 Å². The number of carbonyl (C=O) groups excluding carboxylic acids is 1. The summed E-state index contributed by atoms with van der Waals surface area (Å²) in [4.78, 5) is 20.7. The molecule has 1 atom stereocenters. The average molecular weight is 277 g/mol. The summed E-state index contributed by atoms with van der Waals surface area (Å²) in [6.07, 6.45) is 6.92. The van der Waals surface area contributed by atoms with Crippen LogP contribution in [0.25, 0.3) is 0 Å². The molecule has 1 unspecified atom stereocenters. The highest BCUT2D eigenvalue weighted by atomic mass is 31.1. The Labute approximate surface area is 111 Å². The summed E-state index contributed by atoms with van der Waals surface area (Å²) in [6.45, 7) is 5.91. The monoisotopic (exact) mass is 277 g/mol. The molecule has 0 heterocycles. The largest absolute Gasteiger partial charge is 0.695 e. The topological polar surface area (TPSA) is 63.6 Å². The summed E-state index contributed by atoms with van der Waals surface area (Å²) in [6, 6.07) is 0. The average Bonchev–Trinajstić information content (AvgIpc) is 2.37. The molecule has 0 aliphatic carbocycles. The fourth-order valence-corrected chi connectivity index (χ4v) is 2.52. The first-order valence-electron chi connectivity index (χ1n) is 6.84. The van der Waals surface area contributed by atoms with Crippen molar-refractivity contribution in [1.82, 2.24) is 0 Å². The molecule has 106 valence electrons. The molecule has 0 fully saturated rings. The number of hydrogen-bond acceptors (Lipinski definition) is 3. The van der Waals surface area contributed by atoms with Gasteiger partial charge in [0.15, 0.2) is 12.4 Å². The minimum Gasteiger partial charge on any atom is -0.296 e. The van der Waals surface area contributed by atoms with Crippen molar-refractivity contribution in [2.24, 2.45) is 5.41 Å². The van der Waals surface area contributed by atoms with E-state index in [1.165, 1.54) is 12.8 Å². The molecule has 0 saturated carbocycles. The van der Waals surface area contributed by atoms with Crippen molar-refractivity contribution >= 4 is 14.0 Å². The van der Waals surface area contributed by atoms with Gasteiger partial charge in [-0.2, -0.15) is 0 Å². The van der Waals surface area contributed by atoms with E-state index >= 15 is 0 Å². The zero-order valence-electron chi connectivity index (χ0n) is 11.8. The lowest BCUT2D eigenvalue weighted by atomic mass is 9.74. The van der Waals surface area contributed by atoms with Gasteiger partial charge in [0, 0.05) is 9.98 Å². The van der Waals surface area contributed by atoms with Gasteiger partial charge in [-0.25, -0.2) is 0 Å². The first-order chi connectivity index (χ1) is 8.52. The normalized spacial score (nSPS) is 12.6. The van der Waals surface area contributed by atoms with Crippen LogP contribution in [0.1, 0.15) is 65.7 Å². The Balaban J connectivity index is 4.38. The van der Waals surface area contributed by atoms with Crippen LogP contribution in [0, 0.1) is 5.41 Å². The predicted octanol–water partition coefficient (Wildman–Crippen LogP) is 4.00. The summed E-state index contributed by atoms with van der Waals surface area (Å²) in [7, 11) is -2.68. The zero-order valence-corrected chi connectivity index (χ0v) is 12.7. The molecule has 4 nitrogen and oxygen atoms in total. The smallest absolute Gasteiger partial charge is 0.296 e. The zero-order chi connectivity index (χ0) is 14.0. The molecule has 18 heavy (non-hydrogen) atoms. The van der Waals surface area contributed by atoms with Crippen LogP contribution in [0.2, 0.25) is 0 Å². The molecule has 0 rings (SSSR count). The minimum atomic E-state index is -2.68. The van der Waals surface area contributed by atoms with Gasteiger partial charge in [0.05, 0.1) is 0 Å². The van der Waals surface area contributed by atoms with Gasteiger partial charge >= 0.3 is 8.25 Å². The fourth-order valence-electron chi connectivity index (χ4n) is 2.29. The molecule has 0 aromatic carbocycles. The molecule has 0 aromatic rings. The van der Waals surface area contributed by atoms with E-state index in [-0.39, 0.29) is 17.8 Å². The lowest BCUT2D eigenvalue weighted by Gasteiger charge is -2.29. The van der Waals surface area contributed by atoms with Crippen molar-refractivity contribution in [3.05, 3.63) is 0 Å². The molecule has 1 N–H and O–H groups in total. The number of rotatable bonds is 11. The van der Waals surface area contributed by atoms with E-state index in [9.17, 15) is 9.36 Å². The van der Waals surface area contributed by atoms with Gasteiger partial charge in [-0.15, -0.1) is 9.42 Å². The third-order valence-corrected chi connectivity index (χ3v) is 4.11. The highest BCUT2D eigenvalue weighted by Gasteiger charge is 2.35. The van der Waals surface area contributed by atoms with Crippen LogP contribution in [0.15, 0.2) is 0 Å². The standard InChI is InChI=1S/C13H25O4P/c1-4-7-8-9-10-13(5-2,6-3)12(14)11-17-18(15)16/h4-11H2,1-3H3/p+1. The maximum atomic E-state index is 12.1. The maximum absolute atomic E-state index is 12.1. The van der Waals surface area contributed by atoms with Crippen molar-refractivity contribution in [2.45, 2.75) is 65.7 Å². The van der Waals surface area contributed by atoms with Crippen molar-refractivity contribution in [1.29, 1.82) is 0 Å². The Hall–Kier alpha value is -0.310. The SMILES string of the molecule is CCCCCCC(CC)(CC)C(=O)CO[P+](=O)O. The second-order valence-electron chi connectivity index (χ2n) is 4.73. The van der Waals surface area contributed by atoms with Gasteiger partial charge in [0.2, 0.25) is 0 Å². The van der Waals surface area contributed by atoms with Gasteiger partial charge in [-0.3, -0.25) is 4.79 Å². The Morgan fingerprint density at radius 3 is 2.22 bits per heavy atom. The number of ketones is 1. The second-order valence-corrected chi connectivity index (χ2v) is 5.47. The van der Waals surface area contributed by atoms with Crippen molar-refractivity contribution in [3.8, 4) is 0 Å². The summed E-state index contributed by atoms with van der Waals surface area (Å²) < 4.78 is 15.0. The highest BCUT2D eigenvalue weighted by Crippen LogP contribution is 2.35. The molecule has 5 heteroatoms. The van der Waals surface area contributed by atoms with Crippen LogP contribution in [0.3, 0.4) is 0 Å². The third kappa shape index (κ3) is 6.03. The van der Waals surface area contributed by atoms with Gasteiger partial charge < -0.3 is 0 Å². The van der Waals surface area contributed by atoms with Gasteiger partial charge in [0.25, 0.3) is 0 Å². The number of hydrogen-bond donors (Lipinski definition) is 1. The predicted molar refractivity (Wildman–Crippen MR) is 72.6 cm³/mol. The molecule has 0 radical (unpaired) electrons. The first kappa shape index (κ1) is 17.7. The lowest BCUT2D eigenvalue weighted by molar-refractivity contribution is -0.132. The molecular weight excluding hydrogens is 251 g/mol. The van der Waals surface area contributed by atoms with Crippen LogP contribution in [-0.4, -0.2) is 17.3 Å². The van der Waals surface area contributed by atoms with E-state index in [0.29, 0.717) is 0 Å². The quantitative estimate of drug-likeness (QED) is 0.458. The van der Waals surface area contributed by atoms with E-state index < -0.39 is 8.25 Å². The molecule has 0 spiro atoms. The summed E-state index contributed by atoms with van der Waals surface area (Å²) in [5, 5.41) is 0. The second kappa shape index (κ2) is 9.60. The minimum absolute atomic E-state index is 0.0404. The van der Waals surface area contributed by atoms with Crippen molar-refractivity contribution in [2.75, 3.05) is 6.61 Å². The summed E-state index contributed by atoms with van der Waals surface area (Å²) in [5.74, 6) is -0.0404. The highest BCUT2D eigenvalue weighted by molar-refractivity contribution is 7.32. The maximum Gasteiger partial charge on any atom is 0.695 e. The van der Waals surface area contributed by atoms with Crippen molar-refractivity contribution < 1.29 is 18.8 Å². The Bertz CT molecular complexity index is 262. The number of carbonyl (C=O) groups is 1.